The second kappa shape index (κ2) is 7.66. The predicted molar refractivity (Wildman–Crippen MR) is 100 cm³/mol. The van der Waals surface area contributed by atoms with Gasteiger partial charge in [0.25, 0.3) is 0 Å². The van der Waals surface area contributed by atoms with E-state index >= 15 is 0 Å². The molecule has 2 aromatic heterocycles. The molecule has 0 aliphatic heterocycles. The van der Waals surface area contributed by atoms with Crippen molar-refractivity contribution in [3.05, 3.63) is 82.8 Å². The number of aryl methyl sites for hydroxylation is 1. The monoisotopic (exact) mass is 334 g/mol. The molecular formula is C19H18N4S. The van der Waals surface area contributed by atoms with Crippen LogP contribution in [-0.2, 0) is 0 Å². The van der Waals surface area contributed by atoms with Gasteiger partial charge in [0.1, 0.15) is 0 Å². The van der Waals surface area contributed by atoms with E-state index in [0.29, 0.717) is 6.54 Å². The number of hydrogen-bond acceptors (Lipinski definition) is 4. The maximum atomic E-state index is 4.60. The van der Waals surface area contributed by atoms with Crippen molar-refractivity contribution < 1.29 is 0 Å². The molecule has 0 spiro atoms. The molecule has 24 heavy (non-hydrogen) atoms. The molecule has 120 valence electrons. The molecule has 0 N–H and O–H groups in total. The van der Waals surface area contributed by atoms with Gasteiger partial charge in [-0.15, -0.1) is 17.9 Å². The van der Waals surface area contributed by atoms with Crippen LogP contribution in [0.2, 0.25) is 0 Å². The van der Waals surface area contributed by atoms with Crippen LogP contribution in [0.25, 0.3) is 11.3 Å². The van der Waals surface area contributed by atoms with E-state index in [0.717, 1.165) is 21.8 Å². The molecule has 0 amide bonds. The van der Waals surface area contributed by atoms with E-state index in [-0.39, 0.29) is 0 Å². The molecule has 0 aliphatic rings. The molecule has 0 aliphatic carbocycles. The van der Waals surface area contributed by atoms with Gasteiger partial charge in [0, 0.05) is 17.1 Å². The smallest absolute Gasteiger partial charge is 0.206 e. The van der Waals surface area contributed by atoms with Gasteiger partial charge < -0.3 is 0 Å². The Balaban J connectivity index is 2.06. The SMILES string of the molecule is C=CCN=c1scc(-c2ccc(C)cc2)n1/N=C/c1ccccn1. The number of rotatable bonds is 5. The third kappa shape index (κ3) is 3.75. The lowest BCUT2D eigenvalue weighted by Gasteiger charge is -2.04. The lowest BCUT2D eigenvalue weighted by Crippen LogP contribution is -2.12. The van der Waals surface area contributed by atoms with Gasteiger partial charge in [-0.3, -0.25) is 9.98 Å². The summed E-state index contributed by atoms with van der Waals surface area (Å²) in [5, 5.41) is 6.67. The van der Waals surface area contributed by atoms with E-state index in [9.17, 15) is 0 Å². The Bertz CT molecular complexity index is 903. The van der Waals surface area contributed by atoms with Gasteiger partial charge in [0.2, 0.25) is 4.80 Å². The zero-order chi connectivity index (χ0) is 16.8. The molecule has 4 nitrogen and oxygen atoms in total. The molecule has 5 heteroatoms. The predicted octanol–water partition coefficient (Wildman–Crippen LogP) is 3.89. The van der Waals surface area contributed by atoms with E-state index in [1.54, 1.807) is 29.8 Å². The van der Waals surface area contributed by atoms with Crippen molar-refractivity contribution in [3.63, 3.8) is 0 Å². The molecule has 1 aromatic carbocycles. The van der Waals surface area contributed by atoms with E-state index in [1.165, 1.54) is 5.56 Å². The summed E-state index contributed by atoms with van der Waals surface area (Å²) in [6, 6.07) is 14.1. The summed E-state index contributed by atoms with van der Waals surface area (Å²) in [6.07, 6.45) is 5.28. The number of nitrogens with zero attached hydrogens (tertiary/aromatic N) is 4. The fourth-order valence-electron chi connectivity index (χ4n) is 2.15. The molecule has 0 atom stereocenters. The first kappa shape index (κ1) is 16.1. The quantitative estimate of drug-likeness (QED) is 0.515. The van der Waals surface area contributed by atoms with Crippen LogP contribution in [0.4, 0.5) is 0 Å². The Labute approximate surface area is 145 Å². The summed E-state index contributed by atoms with van der Waals surface area (Å²) in [5.74, 6) is 0. The van der Waals surface area contributed by atoms with E-state index < -0.39 is 0 Å². The minimum absolute atomic E-state index is 0.562. The number of thiazole rings is 1. The van der Waals surface area contributed by atoms with Crippen molar-refractivity contribution in [2.75, 3.05) is 6.54 Å². The van der Waals surface area contributed by atoms with Crippen LogP contribution in [0.1, 0.15) is 11.3 Å². The minimum atomic E-state index is 0.562. The maximum Gasteiger partial charge on any atom is 0.206 e. The summed E-state index contributed by atoms with van der Waals surface area (Å²) in [4.78, 5) is 9.64. The summed E-state index contributed by atoms with van der Waals surface area (Å²) >= 11 is 1.56. The third-order valence-corrected chi connectivity index (χ3v) is 4.24. The summed E-state index contributed by atoms with van der Waals surface area (Å²) in [6.45, 7) is 6.37. The van der Waals surface area contributed by atoms with Crippen molar-refractivity contribution in [3.8, 4) is 11.3 Å². The minimum Gasteiger partial charge on any atom is -0.255 e. The zero-order valence-corrected chi connectivity index (χ0v) is 14.3. The van der Waals surface area contributed by atoms with E-state index in [2.05, 4.69) is 58.2 Å². The van der Waals surface area contributed by atoms with Crippen LogP contribution in [0, 0.1) is 6.92 Å². The van der Waals surface area contributed by atoms with Crippen molar-refractivity contribution in [2.45, 2.75) is 6.92 Å². The molecule has 0 saturated carbocycles. The average Bonchev–Trinajstić information content (AvgIpc) is 3.02. The molecule has 3 rings (SSSR count). The van der Waals surface area contributed by atoms with Crippen molar-refractivity contribution in [1.82, 2.24) is 9.66 Å². The first-order valence-corrected chi connectivity index (χ1v) is 8.50. The largest absolute Gasteiger partial charge is 0.255 e. The first-order chi connectivity index (χ1) is 11.8. The first-order valence-electron chi connectivity index (χ1n) is 7.62. The van der Waals surface area contributed by atoms with Gasteiger partial charge in [0.05, 0.1) is 24.1 Å². The molecule has 0 radical (unpaired) electrons. The van der Waals surface area contributed by atoms with Crippen LogP contribution in [0.3, 0.4) is 0 Å². The molecule has 0 bridgehead atoms. The highest BCUT2D eigenvalue weighted by molar-refractivity contribution is 7.07. The molecule has 0 fully saturated rings. The Morgan fingerprint density at radius 1 is 1.21 bits per heavy atom. The van der Waals surface area contributed by atoms with Gasteiger partial charge in [-0.1, -0.05) is 42.0 Å². The average molecular weight is 334 g/mol. The van der Waals surface area contributed by atoms with Gasteiger partial charge >= 0.3 is 0 Å². The Kier molecular flexibility index (Phi) is 5.13. The Morgan fingerprint density at radius 2 is 2.04 bits per heavy atom. The van der Waals surface area contributed by atoms with Crippen LogP contribution in [-0.4, -0.2) is 22.4 Å². The molecule has 3 aromatic rings. The number of aromatic nitrogens is 2. The lowest BCUT2D eigenvalue weighted by molar-refractivity contribution is 0.839. The summed E-state index contributed by atoms with van der Waals surface area (Å²) < 4.78 is 1.85. The van der Waals surface area contributed by atoms with E-state index in [4.69, 9.17) is 0 Å². The lowest BCUT2D eigenvalue weighted by atomic mass is 10.1. The second-order valence-electron chi connectivity index (χ2n) is 5.21. The maximum absolute atomic E-state index is 4.60. The number of hydrogen-bond donors (Lipinski definition) is 0. The van der Waals surface area contributed by atoms with Gasteiger partial charge in [-0.2, -0.15) is 5.10 Å². The number of pyridine rings is 1. The van der Waals surface area contributed by atoms with Crippen LogP contribution in [0.15, 0.2) is 76.8 Å². The van der Waals surface area contributed by atoms with Crippen molar-refractivity contribution in [1.29, 1.82) is 0 Å². The standard InChI is InChI=1S/C19H18N4S/c1-3-11-21-19-23(22-13-17-6-4-5-12-20-17)18(14-24-19)16-9-7-15(2)8-10-16/h3-10,12-14H,1,11H2,2H3/b21-19?,22-13+. The van der Waals surface area contributed by atoms with E-state index in [1.807, 2.05) is 22.9 Å². The fraction of sp³-hybridized carbons (Fsp3) is 0.105. The van der Waals surface area contributed by atoms with Crippen molar-refractivity contribution in [2.24, 2.45) is 10.1 Å². The van der Waals surface area contributed by atoms with Gasteiger partial charge in [-0.05, 0) is 19.1 Å². The fourth-order valence-corrected chi connectivity index (χ4v) is 3.00. The van der Waals surface area contributed by atoms with Gasteiger partial charge in [0.15, 0.2) is 0 Å². The highest BCUT2D eigenvalue weighted by atomic mass is 32.1. The van der Waals surface area contributed by atoms with Crippen LogP contribution in [0.5, 0.6) is 0 Å². The second-order valence-corrected chi connectivity index (χ2v) is 6.05. The summed E-state index contributed by atoms with van der Waals surface area (Å²) in [5.41, 5.74) is 4.15. The zero-order valence-electron chi connectivity index (χ0n) is 13.5. The summed E-state index contributed by atoms with van der Waals surface area (Å²) in [7, 11) is 0. The molecule has 0 saturated heterocycles. The van der Waals surface area contributed by atoms with Gasteiger partial charge in [-0.25, -0.2) is 4.68 Å². The topological polar surface area (TPSA) is 42.5 Å². The normalized spacial score (nSPS) is 12.0. The third-order valence-electron chi connectivity index (χ3n) is 3.38. The van der Waals surface area contributed by atoms with Crippen LogP contribution < -0.4 is 4.80 Å². The van der Waals surface area contributed by atoms with Crippen LogP contribution >= 0.6 is 11.3 Å². The Morgan fingerprint density at radius 3 is 2.75 bits per heavy atom. The molecule has 2 heterocycles. The van der Waals surface area contributed by atoms with Crippen molar-refractivity contribution >= 4 is 17.6 Å². The Hall–Kier alpha value is -2.79. The highest BCUT2D eigenvalue weighted by Crippen LogP contribution is 2.20. The molecular weight excluding hydrogens is 316 g/mol. The highest BCUT2D eigenvalue weighted by Gasteiger charge is 2.07. The number of benzene rings is 1. The molecule has 0 unspecified atom stereocenters.